The van der Waals surface area contributed by atoms with Crippen molar-refractivity contribution in [3.8, 4) is 0 Å². The number of anilines is 1. The molecule has 3 aromatic carbocycles. The summed E-state index contributed by atoms with van der Waals surface area (Å²) in [6.07, 6.45) is 2.20. The Bertz CT molecular complexity index is 1520. The van der Waals surface area contributed by atoms with Crippen LogP contribution in [0.3, 0.4) is 0 Å². The molecule has 0 unspecified atom stereocenters. The fourth-order valence-electron chi connectivity index (χ4n) is 4.49. The molecule has 0 aliphatic carbocycles. The van der Waals surface area contributed by atoms with Crippen molar-refractivity contribution in [1.82, 2.24) is 10.2 Å². The van der Waals surface area contributed by atoms with E-state index in [2.05, 4.69) is 5.32 Å². The van der Waals surface area contributed by atoms with Crippen LogP contribution in [0.5, 0.6) is 0 Å². The summed E-state index contributed by atoms with van der Waals surface area (Å²) >= 11 is 24.8. The number of sulfonamides is 1. The minimum absolute atomic E-state index is 0.0202. The molecule has 0 aliphatic rings. The molecule has 0 bridgehead atoms. The smallest absolute Gasteiger partial charge is 0.243 e. The quantitative estimate of drug-likeness (QED) is 0.192. The highest BCUT2D eigenvalue weighted by molar-refractivity contribution is 7.92. The van der Waals surface area contributed by atoms with Crippen LogP contribution in [0.25, 0.3) is 0 Å². The molecule has 0 aromatic heterocycles. The van der Waals surface area contributed by atoms with Crippen molar-refractivity contribution in [3.63, 3.8) is 0 Å². The van der Waals surface area contributed by atoms with Crippen LogP contribution in [0, 0.1) is 0 Å². The van der Waals surface area contributed by atoms with Gasteiger partial charge in [0, 0.05) is 37.0 Å². The summed E-state index contributed by atoms with van der Waals surface area (Å²) < 4.78 is 26.5. The zero-order chi connectivity index (χ0) is 31.7. The second kappa shape index (κ2) is 16.0. The Labute approximate surface area is 274 Å². The predicted molar refractivity (Wildman–Crippen MR) is 177 cm³/mol. The van der Waals surface area contributed by atoms with Crippen LogP contribution >= 0.6 is 46.4 Å². The van der Waals surface area contributed by atoms with Crippen molar-refractivity contribution in [2.45, 2.75) is 58.2 Å². The van der Waals surface area contributed by atoms with E-state index in [1.54, 1.807) is 24.3 Å². The van der Waals surface area contributed by atoms with Crippen molar-refractivity contribution >= 4 is 73.9 Å². The summed E-state index contributed by atoms with van der Waals surface area (Å²) in [5.41, 5.74) is 1.81. The van der Waals surface area contributed by atoms with Gasteiger partial charge in [-0.25, -0.2) is 8.42 Å². The maximum atomic E-state index is 14.0. The molecular formula is C31H35Cl4N3O4S. The van der Waals surface area contributed by atoms with Gasteiger partial charge in [0.15, 0.2) is 0 Å². The standard InChI is InChI=1S/C31H35Cl4N3O4S/c1-4-21(2)36-31(40)29(18-22-9-6-5-7-10-22)37(20-23-12-14-25(33)27(35)17-23)30(39)11-8-16-38(43(3,41)42)28-19-24(32)13-15-26(28)34/h5-7,9-10,12-15,17,19,21,29H,4,8,11,16,18,20H2,1-3H3,(H,36,40)/t21-,29+/m0/s1. The maximum Gasteiger partial charge on any atom is 0.243 e. The molecule has 43 heavy (non-hydrogen) atoms. The molecule has 0 spiro atoms. The fraction of sp³-hybridized carbons (Fsp3) is 0.355. The highest BCUT2D eigenvalue weighted by atomic mass is 35.5. The van der Waals surface area contributed by atoms with Crippen LogP contribution in [0.1, 0.15) is 44.2 Å². The minimum Gasteiger partial charge on any atom is -0.352 e. The number of benzene rings is 3. The molecule has 3 rings (SSSR count). The summed E-state index contributed by atoms with van der Waals surface area (Å²) in [6.45, 7) is 3.95. The number of carbonyl (C=O) groups is 2. The third-order valence-corrected chi connectivity index (χ3v) is 9.41. The van der Waals surface area contributed by atoms with Crippen LogP contribution in [0.15, 0.2) is 66.7 Å². The highest BCUT2D eigenvalue weighted by Crippen LogP contribution is 2.31. The molecule has 0 fully saturated rings. The first-order chi connectivity index (χ1) is 20.3. The average Bonchev–Trinajstić information content (AvgIpc) is 2.96. The number of hydrogen-bond donors (Lipinski definition) is 1. The maximum absolute atomic E-state index is 14.0. The lowest BCUT2D eigenvalue weighted by Gasteiger charge is -2.33. The summed E-state index contributed by atoms with van der Waals surface area (Å²) in [4.78, 5) is 29.2. The van der Waals surface area contributed by atoms with E-state index in [1.165, 1.54) is 17.0 Å². The van der Waals surface area contributed by atoms with E-state index in [9.17, 15) is 18.0 Å². The molecule has 232 valence electrons. The number of nitrogens with one attached hydrogen (secondary N) is 1. The van der Waals surface area contributed by atoms with Gasteiger partial charge in [-0.1, -0.05) is 89.7 Å². The molecule has 0 heterocycles. The number of carbonyl (C=O) groups excluding carboxylic acids is 2. The summed E-state index contributed by atoms with van der Waals surface area (Å²) in [7, 11) is -3.75. The van der Waals surface area contributed by atoms with Crippen LogP contribution in [0.4, 0.5) is 5.69 Å². The first kappa shape index (κ1) is 35.0. The lowest BCUT2D eigenvalue weighted by molar-refractivity contribution is -0.141. The summed E-state index contributed by atoms with van der Waals surface area (Å²) in [5.74, 6) is -0.605. The first-order valence-corrected chi connectivity index (χ1v) is 17.2. The number of rotatable bonds is 14. The van der Waals surface area contributed by atoms with Crippen LogP contribution < -0.4 is 9.62 Å². The number of nitrogens with zero attached hydrogens (tertiary/aromatic N) is 2. The van der Waals surface area contributed by atoms with E-state index in [-0.39, 0.29) is 60.9 Å². The minimum atomic E-state index is -3.75. The van der Waals surface area contributed by atoms with Gasteiger partial charge >= 0.3 is 0 Å². The normalized spacial score (nSPS) is 12.8. The SMILES string of the molecule is CC[C@H](C)NC(=O)[C@@H](Cc1ccccc1)N(Cc1ccc(Cl)c(Cl)c1)C(=O)CCCN(c1cc(Cl)ccc1Cl)S(C)(=O)=O. The van der Waals surface area contributed by atoms with Gasteiger partial charge < -0.3 is 10.2 Å². The Morgan fingerprint density at radius 1 is 0.884 bits per heavy atom. The summed E-state index contributed by atoms with van der Waals surface area (Å²) in [6, 6.07) is 18.1. The van der Waals surface area contributed by atoms with Gasteiger partial charge in [-0.15, -0.1) is 0 Å². The molecule has 0 radical (unpaired) electrons. The zero-order valence-electron chi connectivity index (χ0n) is 24.2. The fourth-order valence-corrected chi connectivity index (χ4v) is 6.21. The van der Waals surface area contributed by atoms with E-state index >= 15 is 0 Å². The number of halogens is 4. The molecule has 3 aromatic rings. The van der Waals surface area contributed by atoms with Gasteiger partial charge in [0.1, 0.15) is 6.04 Å². The lowest BCUT2D eigenvalue weighted by Crippen LogP contribution is -2.52. The molecule has 12 heteroatoms. The molecule has 2 amide bonds. The van der Waals surface area contributed by atoms with Crippen molar-refractivity contribution in [1.29, 1.82) is 0 Å². The Balaban J connectivity index is 1.93. The van der Waals surface area contributed by atoms with Gasteiger partial charge in [-0.2, -0.15) is 0 Å². The second-order valence-corrected chi connectivity index (χ2v) is 13.9. The van der Waals surface area contributed by atoms with Crippen LogP contribution in [-0.2, 0) is 32.6 Å². The van der Waals surface area contributed by atoms with Crippen molar-refractivity contribution < 1.29 is 18.0 Å². The number of amides is 2. The Kier molecular flexibility index (Phi) is 13.0. The molecule has 0 saturated carbocycles. The predicted octanol–water partition coefficient (Wildman–Crippen LogP) is 7.40. The Morgan fingerprint density at radius 3 is 2.19 bits per heavy atom. The molecular weight excluding hydrogens is 652 g/mol. The molecule has 7 nitrogen and oxygen atoms in total. The van der Waals surface area contributed by atoms with Crippen molar-refractivity contribution in [3.05, 3.63) is 97.9 Å². The Morgan fingerprint density at radius 2 is 1.56 bits per heavy atom. The molecule has 0 aliphatic heterocycles. The first-order valence-electron chi connectivity index (χ1n) is 13.8. The van der Waals surface area contributed by atoms with E-state index in [1.807, 2.05) is 44.2 Å². The van der Waals surface area contributed by atoms with Crippen LogP contribution in [-0.4, -0.2) is 50.0 Å². The van der Waals surface area contributed by atoms with E-state index in [4.69, 9.17) is 46.4 Å². The Hall–Kier alpha value is -2.49. The highest BCUT2D eigenvalue weighted by Gasteiger charge is 2.31. The lowest BCUT2D eigenvalue weighted by atomic mass is 10.0. The molecule has 1 N–H and O–H groups in total. The van der Waals surface area contributed by atoms with Crippen molar-refractivity contribution in [2.24, 2.45) is 0 Å². The zero-order valence-corrected chi connectivity index (χ0v) is 28.0. The third kappa shape index (κ3) is 10.3. The van der Waals surface area contributed by atoms with E-state index in [0.29, 0.717) is 20.6 Å². The van der Waals surface area contributed by atoms with Gasteiger partial charge in [0.05, 0.1) is 27.0 Å². The second-order valence-electron chi connectivity index (χ2n) is 10.3. The monoisotopic (exact) mass is 685 g/mol. The topological polar surface area (TPSA) is 86.8 Å². The van der Waals surface area contributed by atoms with E-state index in [0.717, 1.165) is 22.5 Å². The molecule has 2 atom stereocenters. The van der Waals surface area contributed by atoms with Gasteiger partial charge in [-0.05, 0) is 61.2 Å². The van der Waals surface area contributed by atoms with Gasteiger partial charge in [0.25, 0.3) is 0 Å². The average molecular weight is 688 g/mol. The summed E-state index contributed by atoms with van der Waals surface area (Å²) in [5, 5.41) is 4.27. The molecule has 0 saturated heterocycles. The third-order valence-electron chi connectivity index (χ3n) is 6.94. The largest absolute Gasteiger partial charge is 0.352 e. The number of hydrogen-bond acceptors (Lipinski definition) is 4. The van der Waals surface area contributed by atoms with Gasteiger partial charge in [0.2, 0.25) is 21.8 Å². The van der Waals surface area contributed by atoms with Gasteiger partial charge in [-0.3, -0.25) is 13.9 Å². The van der Waals surface area contributed by atoms with E-state index < -0.39 is 16.1 Å². The van der Waals surface area contributed by atoms with Crippen LogP contribution in [0.2, 0.25) is 20.1 Å². The van der Waals surface area contributed by atoms with Crippen molar-refractivity contribution in [2.75, 3.05) is 17.1 Å².